The van der Waals surface area contributed by atoms with E-state index in [0.717, 1.165) is 18.7 Å². The first-order chi connectivity index (χ1) is 9.98. The molecule has 116 valence electrons. The first-order valence-electron chi connectivity index (χ1n) is 7.86. The Morgan fingerprint density at radius 1 is 1.38 bits per heavy atom. The van der Waals surface area contributed by atoms with Crippen molar-refractivity contribution in [3.05, 3.63) is 23.8 Å². The largest absolute Gasteiger partial charge is 0.397 e. The van der Waals surface area contributed by atoms with E-state index in [4.69, 9.17) is 5.73 Å². The van der Waals surface area contributed by atoms with Crippen LogP contribution in [0.2, 0.25) is 0 Å². The van der Waals surface area contributed by atoms with Crippen molar-refractivity contribution in [3.8, 4) is 0 Å². The number of benzene rings is 1. The molecule has 0 bridgehead atoms. The van der Waals surface area contributed by atoms with Crippen LogP contribution in [0.25, 0.3) is 0 Å². The fraction of sp³-hybridized carbons (Fsp3) is 0.588. The van der Waals surface area contributed by atoms with Gasteiger partial charge in [-0.3, -0.25) is 9.69 Å². The maximum Gasteiger partial charge on any atom is 0.238 e. The zero-order chi connectivity index (χ0) is 15.5. The number of nitrogens with zero attached hydrogens (tertiary/aromatic N) is 1. The molecule has 0 atom stereocenters. The van der Waals surface area contributed by atoms with Crippen LogP contribution in [0.4, 0.5) is 11.4 Å². The fourth-order valence-corrected chi connectivity index (χ4v) is 3.18. The first kappa shape index (κ1) is 15.8. The average Bonchev–Trinajstić information content (AvgIpc) is 2.86. The van der Waals surface area contributed by atoms with Crippen molar-refractivity contribution < 1.29 is 4.79 Å². The molecule has 2 rings (SSSR count). The number of anilines is 2. The second-order valence-electron chi connectivity index (χ2n) is 6.31. The van der Waals surface area contributed by atoms with Crippen molar-refractivity contribution in [1.82, 2.24) is 4.90 Å². The number of rotatable bonds is 5. The molecule has 0 saturated carbocycles. The zero-order valence-electron chi connectivity index (χ0n) is 13.4. The van der Waals surface area contributed by atoms with Gasteiger partial charge < -0.3 is 11.1 Å². The second-order valence-corrected chi connectivity index (χ2v) is 6.31. The first-order valence-corrected chi connectivity index (χ1v) is 7.86. The highest BCUT2D eigenvalue weighted by Crippen LogP contribution is 2.36. The smallest absolute Gasteiger partial charge is 0.238 e. The molecule has 1 aromatic carbocycles. The van der Waals surface area contributed by atoms with Crippen LogP contribution in [0.3, 0.4) is 0 Å². The zero-order valence-corrected chi connectivity index (χ0v) is 13.4. The van der Waals surface area contributed by atoms with Gasteiger partial charge in [-0.05, 0) is 55.8 Å². The number of likely N-dealkylation sites (tertiary alicyclic amines) is 1. The summed E-state index contributed by atoms with van der Waals surface area (Å²) in [5.74, 6) is 0.0218. The maximum atomic E-state index is 12.2. The number of carbonyl (C=O) groups excluding carboxylic acids is 1. The van der Waals surface area contributed by atoms with E-state index in [2.05, 4.69) is 24.1 Å². The Balaban J connectivity index is 1.91. The van der Waals surface area contributed by atoms with Gasteiger partial charge in [0.2, 0.25) is 5.91 Å². The summed E-state index contributed by atoms with van der Waals surface area (Å²) >= 11 is 0. The molecule has 0 unspecified atom stereocenters. The molecule has 0 spiro atoms. The molecule has 1 heterocycles. The monoisotopic (exact) mass is 289 g/mol. The maximum absolute atomic E-state index is 12.2. The van der Waals surface area contributed by atoms with Gasteiger partial charge in [0.1, 0.15) is 0 Å². The van der Waals surface area contributed by atoms with Crippen LogP contribution in [0.5, 0.6) is 0 Å². The summed E-state index contributed by atoms with van der Waals surface area (Å²) in [4.78, 5) is 14.4. The van der Waals surface area contributed by atoms with Crippen LogP contribution in [-0.2, 0) is 4.79 Å². The molecule has 1 aromatic rings. The Kier molecular flexibility index (Phi) is 4.88. The Hall–Kier alpha value is -1.55. The van der Waals surface area contributed by atoms with Gasteiger partial charge in [-0.25, -0.2) is 0 Å². The quantitative estimate of drug-likeness (QED) is 0.819. The van der Waals surface area contributed by atoms with Crippen molar-refractivity contribution in [2.75, 3.05) is 30.7 Å². The Labute approximate surface area is 127 Å². The number of aryl methyl sites for hydroxylation is 1. The summed E-state index contributed by atoms with van der Waals surface area (Å²) in [7, 11) is 0. The van der Waals surface area contributed by atoms with Gasteiger partial charge in [0.15, 0.2) is 0 Å². The third-order valence-corrected chi connectivity index (χ3v) is 4.87. The highest BCUT2D eigenvalue weighted by molar-refractivity contribution is 5.95. The van der Waals surface area contributed by atoms with E-state index >= 15 is 0 Å². The number of hydrogen-bond acceptors (Lipinski definition) is 3. The lowest BCUT2D eigenvalue weighted by Gasteiger charge is -2.26. The number of amides is 1. The van der Waals surface area contributed by atoms with Gasteiger partial charge in [0, 0.05) is 6.54 Å². The third kappa shape index (κ3) is 3.76. The van der Waals surface area contributed by atoms with E-state index in [1.54, 1.807) is 0 Å². The Bertz CT molecular complexity index is 509. The van der Waals surface area contributed by atoms with Crippen LogP contribution in [0.15, 0.2) is 18.2 Å². The minimum absolute atomic E-state index is 0.0218. The van der Waals surface area contributed by atoms with Crippen molar-refractivity contribution in [2.24, 2.45) is 5.41 Å². The lowest BCUT2D eigenvalue weighted by molar-refractivity contribution is -0.117. The molecular weight excluding hydrogens is 262 g/mol. The van der Waals surface area contributed by atoms with Gasteiger partial charge in [0.05, 0.1) is 17.9 Å². The van der Waals surface area contributed by atoms with Crippen LogP contribution in [0, 0.1) is 12.3 Å². The van der Waals surface area contributed by atoms with E-state index in [-0.39, 0.29) is 5.91 Å². The third-order valence-electron chi connectivity index (χ3n) is 4.87. The van der Waals surface area contributed by atoms with E-state index < -0.39 is 0 Å². The summed E-state index contributed by atoms with van der Waals surface area (Å²) in [6.45, 7) is 8.98. The molecule has 4 nitrogen and oxygen atoms in total. The lowest BCUT2D eigenvalue weighted by atomic mass is 9.82. The predicted molar refractivity (Wildman–Crippen MR) is 88.3 cm³/mol. The number of nitrogens with one attached hydrogen (secondary N) is 1. The molecule has 0 aliphatic carbocycles. The van der Waals surface area contributed by atoms with Gasteiger partial charge >= 0.3 is 0 Å². The predicted octanol–water partition coefficient (Wildman–Crippen LogP) is 3.03. The SMILES string of the molecule is CCC1(CC)CCN(CC(=O)Nc2ccc(C)cc2N)C1. The van der Waals surface area contributed by atoms with Crippen LogP contribution in [-0.4, -0.2) is 30.4 Å². The molecule has 4 heteroatoms. The average molecular weight is 289 g/mol. The highest BCUT2D eigenvalue weighted by Gasteiger charge is 2.35. The van der Waals surface area contributed by atoms with Gasteiger partial charge in [-0.15, -0.1) is 0 Å². The summed E-state index contributed by atoms with van der Waals surface area (Å²) in [5.41, 5.74) is 8.78. The lowest BCUT2D eigenvalue weighted by Crippen LogP contribution is -2.33. The summed E-state index contributed by atoms with van der Waals surface area (Å²) in [6, 6.07) is 5.71. The molecule has 1 saturated heterocycles. The molecule has 0 radical (unpaired) electrons. The van der Waals surface area contributed by atoms with E-state index in [0.29, 0.717) is 23.3 Å². The normalized spacial score (nSPS) is 17.9. The van der Waals surface area contributed by atoms with E-state index in [1.807, 2.05) is 25.1 Å². The standard InChI is InChI=1S/C17H27N3O/c1-4-17(5-2)8-9-20(12-17)11-16(21)19-15-7-6-13(3)10-14(15)18/h6-7,10H,4-5,8-9,11-12,18H2,1-3H3,(H,19,21). The fourth-order valence-electron chi connectivity index (χ4n) is 3.18. The number of nitrogen functional groups attached to an aromatic ring is 1. The minimum Gasteiger partial charge on any atom is -0.397 e. The molecule has 1 fully saturated rings. The Morgan fingerprint density at radius 3 is 2.67 bits per heavy atom. The minimum atomic E-state index is 0.0218. The summed E-state index contributed by atoms with van der Waals surface area (Å²) in [6.07, 6.45) is 3.57. The number of carbonyl (C=O) groups is 1. The van der Waals surface area contributed by atoms with Crippen molar-refractivity contribution >= 4 is 17.3 Å². The van der Waals surface area contributed by atoms with Gasteiger partial charge in [-0.1, -0.05) is 19.9 Å². The molecule has 1 aliphatic rings. The van der Waals surface area contributed by atoms with Crippen LogP contribution in [0.1, 0.15) is 38.7 Å². The second kappa shape index (κ2) is 6.48. The molecule has 3 N–H and O–H groups in total. The van der Waals surface area contributed by atoms with E-state index in [9.17, 15) is 4.79 Å². The molecular formula is C17H27N3O. The number of hydrogen-bond donors (Lipinski definition) is 2. The van der Waals surface area contributed by atoms with Gasteiger partial charge in [0.25, 0.3) is 0 Å². The summed E-state index contributed by atoms with van der Waals surface area (Å²) in [5, 5.41) is 2.92. The summed E-state index contributed by atoms with van der Waals surface area (Å²) < 4.78 is 0. The van der Waals surface area contributed by atoms with Gasteiger partial charge in [-0.2, -0.15) is 0 Å². The molecule has 21 heavy (non-hydrogen) atoms. The number of nitrogens with two attached hydrogens (primary N) is 1. The Morgan fingerprint density at radius 2 is 2.10 bits per heavy atom. The van der Waals surface area contributed by atoms with Crippen molar-refractivity contribution in [2.45, 2.75) is 40.0 Å². The van der Waals surface area contributed by atoms with E-state index in [1.165, 1.54) is 19.3 Å². The molecule has 1 amide bonds. The van der Waals surface area contributed by atoms with Crippen LogP contribution >= 0.6 is 0 Å². The van der Waals surface area contributed by atoms with Crippen LogP contribution < -0.4 is 11.1 Å². The van der Waals surface area contributed by atoms with Crippen molar-refractivity contribution in [3.63, 3.8) is 0 Å². The topological polar surface area (TPSA) is 58.4 Å². The molecule has 1 aliphatic heterocycles. The van der Waals surface area contributed by atoms with Crippen molar-refractivity contribution in [1.29, 1.82) is 0 Å². The highest BCUT2D eigenvalue weighted by atomic mass is 16.2. The molecule has 0 aromatic heterocycles.